The van der Waals surface area contributed by atoms with E-state index >= 15 is 0 Å². The van der Waals surface area contributed by atoms with E-state index in [1.807, 2.05) is 0 Å². The van der Waals surface area contributed by atoms with Gasteiger partial charge in [0, 0.05) is 18.6 Å². The molecule has 0 aromatic heterocycles. The number of likely N-dealkylation sites (tertiary alicyclic amines) is 1. The van der Waals surface area contributed by atoms with Gasteiger partial charge >= 0.3 is 0 Å². The van der Waals surface area contributed by atoms with Crippen molar-refractivity contribution < 1.29 is 0 Å². The Bertz CT molecular complexity index is 177. The molecule has 2 aliphatic rings. The molecule has 0 amide bonds. The fourth-order valence-electron chi connectivity index (χ4n) is 3.20. The van der Waals surface area contributed by atoms with Gasteiger partial charge in [0.25, 0.3) is 0 Å². The van der Waals surface area contributed by atoms with Gasteiger partial charge in [-0.3, -0.25) is 4.90 Å². The Morgan fingerprint density at radius 1 is 1.00 bits per heavy atom. The third kappa shape index (κ3) is 2.94. The van der Waals surface area contributed by atoms with Gasteiger partial charge in [-0.25, -0.2) is 0 Å². The Balaban J connectivity index is 1.84. The Kier molecular flexibility index (Phi) is 4.04. The van der Waals surface area contributed by atoms with Crippen molar-refractivity contribution in [2.75, 3.05) is 19.6 Å². The van der Waals surface area contributed by atoms with Crippen molar-refractivity contribution in [3.05, 3.63) is 0 Å². The summed E-state index contributed by atoms with van der Waals surface area (Å²) in [7, 11) is 0. The van der Waals surface area contributed by atoms with Crippen LogP contribution >= 0.6 is 0 Å². The Hall–Kier alpha value is -0.0800. The third-order valence-corrected chi connectivity index (χ3v) is 4.30. The lowest BCUT2D eigenvalue weighted by atomic mass is 9.92. The van der Waals surface area contributed by atoms with Crippen molar-refractivity contribution >= 4 is 0 Å². The van der Waals surface area contributed by atoms with E-state index in [1.54, 1.807) is 0 Å². The van der Waals surface area contributed by atoms with E-state index in [-0.39, 0.29) is 0 Å². The second-order valence-corrected chi connectivity index (χ2v) is 5.52. The maximum absolute atomic E-state index is 3.46. The fraction of sp³-hybridized carbons (Fsp3) is 1.00. The minimum atomic E-state index is 0.823. The lowest BCUT2D eigenvalue weighted by molar-refractivity contribution is 0.0770. The zero-order valence-electron chi connectivity index (χ0n) is 10.3. The highest BCUT2D eigenvalue weighted by Gasteiger charge is 2.27. The molecule has 1 N–H and O–H groups in total. The minimum absolute atomic E-state index is 0.823. The van der Waals surface area contributed by atoms with Crippen LogP contribution in [0, 0.1) is 5.92 Å². The number of nitrogens with zero attached hydrogens (tertiary/aromatic N) is 1. The minimum Gasteiger partial charge on any atom is -0.317 e. The van der Waals surface area contributed by atoms with Gasteiger partial charge in [0.05, 0.1) is 0 Å². The third-order valence-electron chi connectivity index (χ3n) is 4.30. The summed E-state index contributed by atoms with van der Waals surface area (Å²) in [4.78, 5) is 2.76. The van der Waals surface area contributed by atoms with Gasteiger partial charge < -0.3 is 5.32 Å². The first-order valence-electron chi connectivity index (χ1n) is 6.74. The molecule has 2 nitrogen and oxygen atoms in total. The van der Waals surface area contributed by atoms with E-state index in [0.717, 1.165) is 18.0 Å². The van der Waals surface area contributed by atoms with Gasteiger partial charge in [0.15, 0.2) is 0 Å². The highest BCUT2D eigenvalue weighted by Crippen LogP contribution is 2.25. The Labute approximate surface area is 94.4 Å². The molecule has 0 bridgehead atoms. The molecular weight excluding hydrogens is 184 g/mol. The number of rotatable bonds is 2. The summed E-state index contributed by atoms with van der Waals surface area (Å²) >= 11 is 0. The van der Waals surface area contributed by atoms with E-state index < -0.39 is 0 Å². The first-order chi connectivity index (χ1) is 7.27. The number of nitrogens with one attached hydrogen (secondary N) is 1. The topological polar surface area (TPSA) is 15.3 Å². The van der Waals surface area contributed by atoms with Crippen molar-refractivity contribution in [3.8, 4) is 0 Å². The molecule has 2 saturated heterocycles. The van der Waals surface area contributed by atoms with E-state index in [4.69, 9.17) is 0 Å². The molecule has 0 saturated carbocycles. The van der Waals surface area contributed by atoms with Crippen LogP contribution in [0.1, 0.15) is 46.0 Å². The SMILES string of the molecule is CC1CCCC(C)N1CC1CCNCC1. The van der Waals surface area contributed by atoms with Crippen molar-refractivity contribution in [1.29, 1.82) is 0 Å². The summed E-state index contributed by atoms with van der Waals surface area (Å²) in [5.74, 6) is 0.953. The van der Waals surface area contributed by atoms with E-state index in [0.29, 0.717) is 0 Å². The molecule has 2 fully saturated rings. The second kappa shape index (κ2) is 5.31. The van der Waals surface area contributed by atoms with Crippen LogP contribution in [0.15, 0.2) is 0 Å². The molecule has 15 heavy (non-hydrogen) atoms. The van der Waals surface area contributed by atoms with Gasteiger partial charge in [0.1, 0.15) is 0 Å². The summed E-state index contributed by atoms with van der Waals surface area (Å²) in [5, 5.41) is 3.46. The molecule has 2 atom stereocenters. The van der Waals surface area contributed by atoms with Gasteiger partial charge in [-0.1, -0.05) is 6.42 Å². The standard InChI is InChI=1S/C13H26N2/c1-11-4-3-5-12(2)15(11)10-13-6-8-14-9-7-13/h11-14H,3-10H2,1-2H3. The van der Waals surface area contributed by atoms with Crippen LogP contribution in [0.4, 0.5) is 0 Å². The molecule has 2 rings (SSSR count). The van der Waals surface area contributed by atoms with E-state index in [2.05, 4.69) is 24.1 Å². The molecule has 2 heterocycles. The predicted molar refractivity (Wildman–Crippen MR) is 65.1 cm³/mol. The molecule has 0 aromatic carbocycles. The largest absolute Gasteiger partial charge is 0.317 e. The highest BCUT2D eigenvalue weighted by atomic mass is 15.2. The van der Waals surface area contributed by atoms with Crippen LogP contribution in [-0.4, -0.2) is 36.6 Å². The van der Waals surface area contributed by atoms with Gasteiger partial charge in [-0.2, -0.15) is 0 Å². The summed E-state index contributed by atoms with van der Waals surface area (Å²) in [6.45, 7) is 8.65. The number of piperidine rings is 2. The average Bonchev–Trinajstić information content (AvgIpc) is 2.25. The molecule has 2 heteroatoms. The lowest BCUT2D eigenvalue weighted by Gasteiger charge is -2.41. The Morgan fingerprint density at radius 3 is 2.20 bits per heavy atom. The van der Waals surface area contributed by atoms with Crippen molar-refractivity contribution in [1.82, 2.24) is 10.2 Å². The molecule has 0 aliphatic carbocycles. The monoisotopic (exact) mass is 210 g/mol. The first kappa shape index (κ1) is 11.4. The van der Waals surface area contributed by atoms with Crippen LogP contribution in [0.2, 0.25) is 0 Å². The van der Waals surface area contributed by atoms with Crippen molar-refractivity contribution in [3.63, 3.8) is 0 Å². The predicted octanol–water partition coefficient (Wildman–Crippen LogP) is 2.25. The molecule has 2 unspecified atom stereocenters. The van der Waals surface area contributed by atoms with E-state index in [1.165, 1.54) is 51.7 Å². The summed E-state index contributed by atoms with van der Waals surface area (Å²) in [6, 6.07) is 1.65. The maximum atomic E-state index is 3.46. The smallest absolute Gasteiger partial charge is 0.00698 e. The van der Waals surface area contributed by atoms with Gasteiger partial charge in [-0.15, -0.1) is 0 Å². The number of hydrogen-bond donors (Lipinski definition) is 1. The Morgan fingerprint density at radius 2 is 1.60 bits per heavy atom. The quantitative estimate of drug-likeness (QED) is 0.752. The zero-order valence-corrected chi connectivity index (χ0v) is 10.3. The van der Waals surface area contributed by atoms with E-state index in [9.17, 15) is 0 Å². The van der Waals surface area contributed by atoms with Crippen LogP contribution in [-0.2, 0) is 0 Å². The second-order valence-electron chi connectivity index (χ2n) is 5.52. The zero-order chi connectivity index (χ0) is 10.7. The van der Waals surface area contributed by atoms with Crippen molar-refractivity contribution in [2.45, 2.75) is 58.0 Å². The van der Waals surface area contributed by atoms with Crippen LogP contribution in [0.25, 0.3) is 0 Å². The van der Waals surface area contributed by atoms with Crippen LogP contribution in [0.3, 0.4) is 0 Å². The first-order valence-corrected chi connectivity index (χ1v) is 6.74. The number of hydrogen-bond acceptors (Lipinski definition) is 2. The van der Waals surface area contributed by atoms with Crippen molar-refractivity contribution in [2.24, 2.45) is 5.92 Å². The van der Waals surface area contributed by atoms with Crippen LogP contribution in [0.5, 0.6) is 0 Å². The summed E-state index contributed by atoms with van der Waals surface area (Å²) in [6.07, 6.45) is 7.03. The summed E-state index contributed by atoms with van der Waals surface area (Å²) < 4.78 is 0. The molecular formula is C13H26N2. The normalized spacial score (nSPS) is 35.6. The van der Waals surface area contributed by atoms with Gasteiger partial charge in [0.2, 0.25) is 0 Å². The lowest BCUT2D eigenvalue weighted by Crippen LogP contribution is -2.47. The van der Waals surface area contributed by atoms with Crippen LogP contribution < -0.4 is 5.32 Å². The highest BCUT2D eigenvalue weighted by molar-refractivity contribution is 4.82. The maximum Gasteiger partial charge on any atom is 0.00698 e. The molecule has 2 aliphatic heterocycles. The molecule has 0 aromatic rings. The molecule has 88 valence electrons. The molecule has 0 radical (unpaired) electrons. The average molecular weight is 210 g/mol. The molecule has 0 spiro atoms. The van der Waals surface area contributed by atoms with Gasteiger partial charge in [-0.05, 0) is 58.5 Å². The fourth-order valence-corrected chi connectivity index (χ4v) is 3.20. The summed E-state index contributed by atoms with van der Waals surface area (Å²) in [5.41, 5.74) is 0.